The minimum atomic E-state index is -0.393. The number of hydrazine groups is 1. The second-order valence-corrected chi connectivity index (χ2v) is 4.97. The molecule has 0 aliphatic heterocycles. The van der Waals surface area contributed by atoms with Crippen LogP contribution in [0.3, 0.4) is 0 Å². The minimum Gasteiger partial charge on any atom is -0.271 e. The van der Waals surface area contributed by atoms with E-state index in [0.717, 1.165) is 11.1 Å². The molecular weight excluding hydrogens is 258 g/mol. The topological polar surface area (TPSA) is 38.0 Å². The van der Waals surface area contributed by atoms with Crippen molar-refractivity contribution in [2.24, 2.45) is 5.84 Å². The van der Waals surface area contributed by atoms with E-state index in [4.69, 9.17) is 5.84 Å². The van der Waals surface area contributed by atoms with Gasteiger partial charge in [0.25, 0.3) is 0 Å². The van der Waals surface area contributed by atoms with Crippen molar-refractivity contribution in [3.8, 4) is 0 Å². The summed E-state index contributed by atoms with van der Waals surface area (Å²) < 4.78 is 27.5. The van der Waals surface area contributed by atoms with Gasteiger partial charge in [-0.2, -0.15) is 0 Å². The van der Waals surface area contributed by atoms with Gasteiger partial charge in [-0.1, -0.05) is 24.3 Å². The molecule has 1 unspecified atom stereocenters. The molecule has 2 aromatic carbocycles. The normalized spacial score (nSPS) is 12.4. The third-order valence-corrected chi connectivity index (χ3v) is 3.53. The number of nitrogens with two attached hydrogens (primary N) is 1. The highest BCUT2D eigenvalue weighted by molar-refractivity contribution is 5.32. The Kier molecular flexibility index (Phi) is 4.47. The van der Waals surface area contributed by atoms with E-state index in [1.54, 1.807) is 31.2 Å². The third kappa shape index (κ3) is 3.03. The Morgan fingerprint density at radius 2 is 1.85 bits per heavy atom. The zero-order valence-corrected chi connectivity index (χ0v) is 11.6. The van der Waals surface area contributed by atoms with E-state index in [0.29, 0.717) is 17.5 Å². The van der Waals surface area contributed by atoms with E-state index >= 15 is 0 Å². The van der Waals surface area contributed by atoms with Crippen molar-refractivity contribution in [3.05, 3.63) is 70.3 Å². The summed E-state index contributed by atoms with van der Waals surface area (Å²) in [7, 11) is 0. The van der Waals surface area contributed by atoms with E-state index in [2.05, 4.69) is 5.43 Å². The van der Waals surface area contributed by atoms with Crippen LogP contribution in [0.25, 0.3) is 0 Å². The van der Waals surface area contributed by atoms with Crippen LogP contribution in [0.4, 0.5) is 8.78 Å². The number of hydrogen-bond donors (Lipinski definition) is 2. The van der Waals surface area contributed by atoms with Gasteiger partial charge in [0.15, 0.2) is 0 Å². The SMILES string of the molecule is Cc1ccc(F)cc1CC(NN)c1cccc(C)c1F. The monoisotopic (exact) mass is 276 g/mol. The molecule has 0 fully saturated rings. The zero-order chi connectivity index (χ0) is 14.7. The van der Waals surface area contributed by atoms with Crippen LogP contribution in [0.15, 0.2) is 36.4 Å². The molecule has 0 aliphatic carbocycles. The van der Waals surface area contributed by atoms with Gasteiger partial charge in [0.05, 0.1) is 6.04 Å². The first-order valence-electron chi connectivity index (χ1n) is 6.49. The molecule has 0 heterocycles. The third-order valence-electron chi connectivity index (χ3n) is 3.53. The molecule has 0 saturated carbocycles. The molecule has 2 rings (SSSR count). The van der Waals surface area contributed by atoms with Crippen molar-refractivity contribution in [2.45, 2.75) is 26.3 Å². The fourth-order valence-corrected chi connectivity index (χ4v) is 2.28. The Labute approximate surface area is 117 Å². The highest BCUT2D eigenvalue weighted by atomic mass is 19.1. The van der Waals surface area contributed by atoms with Gasteiger partial charge < -0.3 is 0 Å². The van der Waals surface area contributed by atoms with Crippen molar-refractivity contribution in [1.82, 2.24) is 5.43 Å². The first-order valence-corrected chi connectivity index (χ1v) is 6.49. The Morgan fingerprint density at radius 1 is 1.10 bits per heavy atom. The highest BCUT2D eigenvalue weighted by Crippen LogP contribution is 2.24. The molecule has 2 aromatic rings. The molecule has 0 saturated heterocycles. The molecular formula is C16H18F2N2. The summed E-state index contributed by atoms with van der Waals surface area (Å²) in [6.45, 7) is 3.61. The van der Waals surface area contributed by atoms with Gasteiger partial charge in [-0.15, -0.1) is 0 Å². The number of nitrogens with one attached hydrogen (secondary N) is 1. The van der Waals surface area contributed by atoms with Crippen LogP contribution in [-0.2, 0) is 6.42 Å². The van der Waals surface area contributed by atoms with Gasteiger partial charge in [-0.25, -0.2) is 8.78 Å². The standard InChI is InChI=1S/C16H18F2N2/c1-10-6-7-13(17)8-12(10)9-15(20-19)14-5-3-4-11(2)16(14)18/h3-8,15,20H,9,19H2,1-2H3. The summed E-state index contributed by atoms with van der Waals surface area (Å²) >= 11 is 0. The molecule has 2 nitrogen and oxygen atoms in total. The van der Waals surface area contributed by atoms with Crippen LogP contribution in [0.5, 0.6) is 0 Å². The van der Waals surface area contributed by atoms with Crippen molar-refractivity contribution in [2.75, 3.05) is 0 Å². The van der Waals surface area contributed by atoms with E-state index < -0.39 is 6.04 Å². The predicted octanol–water partition coefficient (Wildman–Crippen LogP) is 3.33. The molecule has 4 heteroatoms. The molecule has 0 radical (unpaired) electrons. The van der Waals surface area contributed by atoms with Crippen molar-refractivity contribution < 1.29 is 8.78 Å². The lowest BCUT2D eigenvalue weighted by Gasteiger charge is -2.19. The maximum atomic E-state index is 14.2. The minimum absolute atomic E-state index is 0.274. The summed E-state index contributed by atoms with van der Waals surface area (Å²) in [6.07, 6.45) is 0.431. The van der Waals surface area contributed by atoms with Crippen LogP contribution in [0.2, 0.25) is 0 Å². The van der Waals surface area contributed by atoms with Gasteiger partial charge in [0, 0.05) is 5.56 Å². The van der Waals surface area contributed by atoms with Gasteiger partial charge >= 0.3 is 0 Å². The molecule has 106 valence electrons. The van der Waals surface area contributed by atoms with E-state index in [1.165, 1.54) is 12.1 Å². The quantitative estimate of drug-likeness (QED) is 0.664. The van der Waals surface area contributed by atoms with Crippen LogP contribution in [-0.4, -0.2) is 0 Å². The van der Waals surface area contributed by atoms with Crippen LogP contribution < -0.4 is 11.3 Å². The number of hydrogen-bond acceptors (Lipinski definition) is 2. The van der Waals surface area contributed by atoms with E-state index in [9.17, 15) is 8.78 Å². The maximum absolute atomic E-state index is 14.2. The number of aryl methyl sites for hydroxylation is 2. The molecule has 0 spiro atoms. The van der Waals surface area contributed by atoms with Crippen molar-refractivity contribution >= 4 is 0 Å². The number of benzene rings is 2. The highest BCUT2D eigenvalue weighted by Gasteiger charge is 2.17. The summed E-state index contributed by atoms with van der Waals surface area (Å²) in [6, 6.07) is 9.39. The van der Waals surface area contributed by atoms with Crippen LogP contribution in [0, 0.1) is 25.5 Å². The van der Waals surface area contributed by atoms with Gasteiger partial charge in [0.1, 0.15) is 11.6 Å². The second-order valence-electron chi connectivity index (χ2n) is 4.97. The van der Waals surface area contributed by atoms with Crippen molar-refractivity contribution in [3.63, 3.8) is 0 Å². The fourth-order valence-electron chi connectivity index (χ4n) is 2.28. The Balaban J connectivity index is 2.34. The number of halogens is 2. The predicted molar refractivity (Wildman–Crippen MR) is 76.0 cm³/mol. The largest absolute Gasteiger partial charge is 0.271 e. The average Bonchev–Trinajstić information content (AvgIpc) is 2.43. The Morgan fingerprint density at radius 3 is 2.55 bits per heavy atom. The average molecular weight is 276 g/mol. The molecule has 20 heavy (non-hydrogen) atoms. The summed E-state index contributed by atoms with van der Waals surface area (Å²) in [5, 5.41) is 0. The molecule has 0 aliphatic rings. The van der Waals surface area contributed by atoms with E-state index in [1.807, 2.05) is 6.92 Å². The lowest BCUT2D eigenvalue weighted by atomic mass is 9.95. The van der Waals surface area contributed by atoms with Gasteiger partial charge in [-0.05, 0) is 49.1 Å². The molecule has 0 amide bonds. The fraction of sp³-hybridized carbons (Fsp3) is 0.250. The lowest BCUT2D eigenvalue weighted by Crippen LogP contribution is -2.30. The van der Waals surface area contributed by atoms with E-state index in [-0.39, 0.29) is 11.6 Å². The van der Waals surface area contributed by atoms with Gasteiger partial charge in [-0.3, -0.25) is 11.3 Å². The molecule has 0 aromatic heterocycles. The summed E-state index contributed by atoms with van der Waals surface area (Å²) in [5.74, 6) is 4.98. The zero-order valence-electron chi connectivity index (χ0n) is 11.6. The summed E-state index contributed by atoms with van der Waals surface area (Å²) in [4.78, 5) is 0. The number of rotatable bonds is 4. The van der Waals surface area contributed by atoms with Gasteiger partial charge in [0.2, 0.25) is 0 Å². The molecule has 3 N–H and O–H groups in total. The first kappa shape index (κ1) is 14.6. The lowest BCUT2D eigenvalue weighted by molar-refractivity contribution is 0.505. The Bertz CT molecular complexity index is 611. The second kappa shape index (κ2) is 6.11. The molecule has 0 bridgehead atoms. The van der Waals surface area contributed by atoms with Crippen LogP contribution in [0.1, 0.15) is 28.3 Å². The smallest absolute Gasteiger partial charge is 0.130 e. The molecule has 1 atom stereocenters. The summed E-state index contributed by atoms with van der Waals surface area (Å²) in [5.41, 5.74) is 5.46. The van der Waals surface area contributed by atoms with Crippen LogP contribution >= 0.6 is 0 Å². The first-order chi connectivity index (χ1) is 9.52. The maximum Gasteiger partial charge on any atom is 0.130 e. The van der Waals surface area contributed by atoms with Crippen molar-refractivity contribution in [1.29, 1.82) is 0 Å². The Hall–Kier alpha value is -1.78.